The summed E-state index contributed by atoms with van der Waals surface area (Å²) in [6.07, 6.45) is 6.23. The number of likely N-dealkylation sites (tertiary alicyclic amines) is 1. The lowest BCUT2D eigenvalue weighted by molar-refractivity contribution is -0.154. The number of hydrogen-bond acceptors (Lipinski definition) is 7. The summed E-state index contributed by atoms with van der Waals surface area (Å²) in [7, 11) is 1.58. The van der Waals surface area contributed by atoms with E-state index in [4.69, 9.17) is 9.47 Å². The number of aliphatic hydroxyl groups excluding tert-OH is 1. The Kier molecular flexibility index (Phi) is 9.11. The van der Waals surface area contributed by atoms with E-state index in [-0.39, 0.29) is 48.7 Å². The summed E-state index contributed by atoms with van der Waals surface area (Å²) in [4.78, 5) is 45.4. The number of methoxy groups -OCH3 is 1. The third-order valence-corrected chi connectivity index (χ3v) is 10.3. The monoisotopic (exact) mass is 556 g/mol. The quantitative estimate of drug-likeness (QED) is 0.224. The highest BCUT2D eigenvalue weighted by Crippen LogP contribution is 2.67. The number of amides is 2. The fourth-order valence-electron chi connectivity index (χ4n) is 6.47. The lowest BCUT2D eigenvalue weighted by Crippen LogP contribution is -2.58. The number of allylic oxidation sites excluding steroid dienone is 1. The Labute approximate surface area is 235 Å². The van der Waals surface area contributed by atoms with Gasteiger partial charge in [0.05, 0.1) is 42.9 Å². The Morgan fingerprint density at radius 3 is 2.56 bits per heavy atom. The van der Waals surface area contributed by atoms with E-state index in [1.807, 2.05) is 26.0 Å². The van der Waals surface area contributed by atoms with E-state index in [9.17, 15) is 19.5 Å². The first-order chi connectivity index (χ1) is 18.7. The van der Waals surface area contributed by atoms with Crippen molar-refractivity contribution in [3.63, 3.8) is 0 Å². The van der Waals surface area contributed by atoms with Gasteiger partial charge in [-0.05, 0) is 55.9 Å². The van der Waals surface area contributed by atoms with Gasteiger partial charge in [-0.25, -0.2) is 0 Å². The highest BCUT2D eigenvalue weighted by atomic mass is 32.2. The minimum absolute atomic E-state index is 0.0798. The van der Waals surface area contributed by atoms with Crippen molar-refractivity contribution in [1.29, 1.82) is 0 Å². The van der Waals surface area contributed by atoms with Gasteiger partial charge >= 0.3 is 5.97 Å². The van der Waals surface area contributed by atoms with Gasteiger partial charge in [0.25, 0.3) is 5.91 Å². The molecule has 3 saturated heterocycles. The number of nitrogens with zero attached hydrogens (tertiary/aromatic N) is 2. The summed E-state index contributed by atoms with van der Waals surface area (Å²) in [5, 5.41) is 10.3. The van der Waals surface area contributed by atoms with Gasteiger partial charge < -0.3 is 24.4 Å². The fraction of sp³-hybridized carbons (Fsp3) is 0.567. The Morgan fingerprint density at radius 1 is 1.26 bits per heavy atom. The Bertz CT molecular complexity index is 1090. The highest BCUT2D eigenvalue weighted by Gasteiger charge is 2.75. The lowest BCUT2D eigenvalue weighted by Gasteiger charge is -2.40. The van der Waals surface area contributed by atoms with Crippen molar-refractivity contribution in [2.45, 2.75) is 61.6 Å². The molecule has 1 aromatic rings. The number of carbonyl (C=O) groups excluding carboxylic acids is 3. The molecule has 1 N–H and O–H groups in total. The molecule has 1 aromatic carbocycles. The van der Waals surface area contributed by atoms with Crippen molar-refractivity contribution >= 4 is 35.2 Å². The molecule has 2 amide bonds. The zero-order valence-electron chi connectivity index (χ0n) is 23.1. The van der Waals surface area contributed by atoms with Crippen molar-refractivity contribution in [2.75, 3.05) is 31.8 Å². The molecule has 1 spiro atoms. The summed E-state index contributed by atoms with van der Waals surface area (Å²) in [5.74, 6) is -1.55. The lowest BCUT2D eigenvalue weighted by atomic mass is 9.71. The molecule has 2 bridgehead atoms. The number of fused-ring (bicyclic) bond motifs is 1. The SMILES string of the molecule is C=CCCCOC(=O)[C@@H]1[C@@H]2CCC3(S2)C(C(=O)N(CC=C)c2ccc(OC)cc2)N([C@@H](CO)C(C)C)C(=O)[C@H]13. The summed E-state index contributed by atoms with van der Waals surface area (Å²) in [5.41, 5.74) is 0.661. The first kappa shape index (κ1) is 29.2. The maximum absolute atomic E-state index is 14.6. The van der Waals surface area contributed by atoms with Crippen molar-refractivity contribution in [3.8, 4) is 5.75 Å². The summed E-state index contributed by atoms with van der Waals surface area (Å²) < 4.78 is 10.2. The second-order valence-electron chi connectivity index (χ2n) is 10.8. The molecule has 2 unspecified atom stereocenters. The number of carbonyl (C=O) groups is 3. The predicted octanol–water partition coefficient (Wildman–Crippen LogP) is 3.83. The molecule has 212 valence electrons. The van der Waals surface area contributed by atoms with Gasteiger partial charge in [0.1, 0.15) is 11.8 Å². The minimum atomic E-state index is -0.829. The standard InChI is InChI=1S/C30H40N2O6S/c1-6-8-9-17-38-29(36)24-23-14-15-30(39-23)25(24)27(34)32(22(18-33)19(3)4)26(30)28(35)31(16-7-2)20-10-12-21(37-5)13-11-20/h6-7,10-13,19,22-26,33H,1-2,8-9,14-18H2,3-5H3/t22-,23-,24+,25-,26?,30?/m0/s1. The molecule has 9 heteroatoms. The largest absolute Gasteiger partial charge is 0.497 e. The highest BCUT2D eigenvalue weighted by molar-refractivity contribution is 8.02. The Morgan fingerprint density at radius 2 is 1.97 bits per heavy atom. The van der Waals surface area contributed by atoms with E-state index in [0.29, 0.717) is 24.3 Å². The third kappa shape index (κ3) is 5.11. The second kappa shape index (κ2) is 12.2. The van der Waals surface area contributed by atoms with Gasteiger partial charge in [-0.3, -0.25) is 14.4 Å². The van der Waals surface area contributed by atoms with E-state index in [1.165, 1.54) is 0 Å². The van der Waals surface area contributed by atoms with E-state index in [1.54, 1.807) is 53.0 Å². The molecule has 3 aliphatic heterocycles. The van der Waals surface area contributed by atoms with Crippen LogP contribution in [0.3, 0.4) is 0 Å². The van der Waals surface area contributed by atoms with E-state index in [2.05, 4.69) is 13.2 Å². The van der Waals surface area contributed by atoms with Crippen LogP contribution < -0.4 is 9.64 Å². The third-order valence-electron chi connectivity index (χ3n) is 8.32. The number of hydrogen-bond donors (Lipinski definition) is 1. The van der Waals surface area contributed by atoms with Gasteiger partial charge in [0.2, 0.25) is 5.91 Å². The minimum Gasteiger partial charge on any atom is -0.497 e. The van der Waals surface area contributed by atoms with Gasteiger partial charge in [0.15, 0.2) is 0 Å². The normalized spacial score (nSPS) is 27.8. The molecular formula is C30H40N2O6S. The number of esters is 1. The van der Waals surface area contributed by atoms with Crippen LogP contribution in [-0.4, -0.2) is 76.7 Å². The van der Waals surface area contributed by atoms with E-state index < -0.39 is 28.7 Å². The van der Waals surface area contributed by atoms with Gasteiger partial charge in [-0.1, -0.05) is 26.0 Å². The van der Waals surface area contributed by atoms with Crippen LogP contribution in [0.1, 0.15) is 39.5 Å². The zero-order valence-corrected chi connectivity index (χ0v) is 23.9. The molecule has 0 aliphatic carbocycles. The maximum atomic E-state index is 14.6. The van der Waals surface area contributed by atoms with Crippen LogP contribution in [0.5, 0.6) is 5.75 Å². The maximum Gasteiger partial charge on any atom is 0.310 e. The summed E-state index contributed by atoms with van der Waals surface area (Å²) in [6, 6.07) is 5.81. The first-order valence-electron chi connectivity index (χ1n) is 13.7. The van der Waals surface area contributed by atoms with Crippen molar-refractivity contribution in [3.05, 3.63) is 49.6 Å². The van der Waals surface area contributed by atoms with Crippen LogP contribution in [0.25, 0.3) is 0 Å². The summed E-state index contributed by atoms with van der Waals surface area (Å²) >= 11 is 1.60. The molecule has 8 nitrogen and oxygen atoms in total. The second-order valence-corrected chi connectivity index (χ2v) is 12.4. The van der Waals surface area contributed by atoms with Crippen molar-refractivity contribution in [1.82, 2.24) is 4.90 Å². The van der Waals surface area contributed by atoms with Crippen LogP contribution in [0.15, 0.2) is 49.6 Å². The number of anilines is 1. The fourth-order valence-corrected chi connectivity index (χ4v) is 8.66. The van der Waals surface area contributed by atoms with Crippen LogP contribution in [0.2, 0.25) is 0 Å². The van der Waals surface area contributed by atoms with Crippen LogP contribution in [-0.2, 0) is 19.1 Å². The van der Waals surface area contributed by atoms with Crippen LogP contribution >= 0.6 is 11.8 Å². The molecule has 3 heterocycles. The molecule has 3 fully saturated rings. The number of aliphatic hydroxyl groups is 1. The molecular weight excluding hydrogens is 516 g/mol. The molecule has 3 aliphatic rings. The average molecular weight is 557 g/mol. The number of benzene rings is 1. The van der Waals surface area contributed by atoms with Crippen LogP contribution in [0, 0.1) is 17.8 Å². The molecule has 0 aromatic heterocycles. The molecule has 4 rings (SSSR count). The predicted molar refractivity (Wildman–Crippen MR) is 153 cm³/mol. The zero-order chi connectivity index (χ0) is 28.3. The molecule has 39 heavy (non-hydrogen) atoms. The van der Waals surface area contributed by atoms with E-state index in [0.717, 1.165) is 12.8 Å². The number of rotatable bonds is 13. The first-order valence-corrected chi connectivity index (χ1v) is 14.6. The van der Waals surface area contributed by atoms with Gasteiger partial charge in [0, 0.05) is 17.5 Å². The topological polar surface area (TPSA) is 96.4 Å². The van der Waals surface area contributed by atoms with Crippen LogP contribution in [0.4, 0.5) is 5.69 Å². The molecule has 6 atom stereocenters. The molecule has 0 radical (unpaired) electrons. The number of thioether (sulfide) groups is 1. The van der Waals surface area contributed by atoms with Crippen molar-refractivity contribution in [2.24, 2.45) is 17.8 Å². The molecule has 0 saturated carbocycles. The Balaban J connectivity index is 1.74. The van der Waals surface area contributed by atoms with E-state index >= 15 is 0 Å². The Hall–Kier alpha value is -2.78. The van der Waals surface area contributed by atoms with Gasteiger partial charge in [-0.2, -0.15) is 0 Å². The van der Waals surface area contributed by atoms with Crippen molar-refractivity contribution < 1.29 is 29.0 Å². The number of ether oxygens (including phenoxy) is 2. The summed E-state index contributed by atoms with van der Waals surface area (Å²) in [6.45, 7) is 11.7. The average Bonchev–Trinajstić information content (AvgIpc) is 3.57. The number of unbranched alkanes of at least 4 members (excludes halogenated alkanes) is 1. The van der Waals surface area contributed by atoms with Gasteiger partial charge in [-0.15, -0.1) is 24.9 Å². The smallest absolute Gasteiger partial charge is 0.310 e.